The van der Waals surface area contributed by atoms with Crippen LogP contribution in [0.2, 0.25) is 0 Å². The second-order valence-electron chi connectivity index (χ2n) is 1.60. The van der Waals surface area contributed by atoms with Gasteiger partial charge in [0.15, 0.2) is 0 Å². The van der Waals surface area contributed by atoms with Crippen molar-refractivity contribution in [2.24, 2.45) is 0 Å². The zero-order chi connectivity index (χ0) is 7.56. The standard InChI is InChI=1S/C6H5ClO3/c1-9-6-4(5(7)8)2-3-10-6/h2-3H,1H3. The molecule has 0 unspecified atom stereocenters. The molecule has 0 aliphatic heterocycles. The van der Waals surface area contributed by atoms with Gasteiger partial charge >= 0.3 is 0 Å². The molecule has 0 amide bonds. The molecule has 0 N–H and O–H groups in total. The average Bonchev–Trinajstić information content (AvgIpc) is 2.33. The highest BCUT2D eigenvalue weighted by Crippen LogP contribution is 2.20. The van der Waals surface area contributed by atoms with E-state index in [9.17, 15) is 4.79 Å². The number of rotatable bonds is 2. The van der Waals surface area contributed by atoms with Gasteiger partial charge in [-0.25, -0.2) is 0 Å². The van der Waals surface area contributed by atoms with Gasteiger partial charge in [0.2, 0.25) is 0 Å². The highest BCUT2D eigenvalue weighted by atomic mass is 35.5. The monoisotopic (exact) mass is 160 g/mol. The molecule has 1 heterocycles. The van der Waals surface area contributed by atoms with Crippen molar-refractivity contribution in [2.75, 3.05) is 7.11 Å². The molecule has 0 fully saturated rings. The van der Waals surface area contributed by atoms with Crippen LogP contribution in [0.1, 0.15) is 10.4 Å². The lowest BCUT2D eigenvalue weighted by Crippen LogP contribution is -1.89. The first-order chi connectivity index (χ1) is 4.75. The Morgan fingerprint density at radius 2 is 2.50 bits per heavy atom. The van der Waals surface area contributed by atoms with Gasteiger partial charge in [0.25, 0.3) is 11.2 Å². The Hall–Kier alpha value is -0.960. The summed E-state index contributed by atoms with van der Waals surface area (Å²) < 4.78 is 9.42. The van der Waals surface area contributed by atoms with Crippen LogP contribution in [-0.4, -0.2) is 12.4 Å². The van der Waals surface area contributed by atoms with Crippen LogP contribution in [0.25, 0.3) is 0 Å². The summed E-state index contributed by atoms with van der Waals surface area (Å²) in [6, 6.07) is 1.45. The molecule has 0 saturated heterocycles. The van der Waals surface area contributed by atoms with Crippen LogP contribution in [0.4, 0.5) is 0 Å². The Bertz CT molecular complexity index is 241. The fourth-order valence-electron chi connectivity index (χ4n) is 0.599. The minimum atomic E-state index is -0.578. The Balaban J connectivity index is 3.01. The predicted molar refractivity (Wildman–Crippen MR) is 35.4 cm³/mol. The Labute approximate surface area is 62.5 Å². The number of carbonyl (C=O) groups excluding carboxylic acids is 1. The highest BCUT2D eigenvalue weighted by molar-refractivity contribution is 6.68. The number of methoxy groups -OCH3 is 1. The molecule has 0 aliphatic rings. The summed E-state index contributed by atoms with van der Waals surface area (Å²) in [5.74, 6) is 0.153. The quantitative estimate of drug-likeness (QED) is 0.618. The predicted octanol–water partition coefficient (Wildman–Crippen LogP) is 1.67. The van der Waals surface area contributed by atoms with Gasteiger partial charge in [0.1, 0.15) is 5.56 Å². The van der Waals surface area contributed by atoms with Crippen LogP contribution in [-0.2, 0) is 0 Å². The van der Waals surface area contributed by atoms with E-state index in [0.717, 1.165) is 0 Å². The third kappa shape index (κ3) is 1.14. The minimum absolute atomic E-state index is 0.153. The van der Waals surface area contributed by atoms with Crippen LogP contribution in [0, 0.1) is 0 Å². The molecule has 1 rings (SSSR count). The van der Waals surface area contributed by atoms with Crippen molar-refractivity contribution in [1.82, 2.24) is 0 Å². The third-order valence-electron chi connectivity index (χ3n) is 1.03. The average molecular weight is 161 g/mol. The summed E-state index contributed by atoms with van der Waals surface area (Å²) in [4.78, 5) is 10.5. The van der Waals surface area contributed by atoms with Crippen molar-refractivity contribution >= 4 is 16.8 Å². The van der Waals surface area contributed by atoms with Crippen LogP contribution in [0.3, 0.4) is 0 Å². The number of furan rings is 1. The van der Waals surface area contributed by atoms with E-state index in [-0.39, 0.29) is 11.5 Å². The number of hydrogen-bond acceptors (Lipinski definition) is 3. The fraction of sp³-hybridized carbons (Fsp3) is 0.167. The zero-order valence-electron chi connectivity index (χ0n) is 5.26. The molecule has 0 saturated carbocycles. The number of hydrogen-bond donors (Lipinski definition) is 0. The molecule has 0 aliphatic carbocycles. The molecule has 1 aromatic rings. The summed E-state index contributed by atoms with van der Waals surface area (Å²) >= 11 is 5.15. The first-order valence-electron chi connectivity index (χ1n) is 2.57. The summed E-state index contributed by atoms with van der Waals surface area (Å²) in [6.07, 6.45) is 1.34. The van der Waals surface area contributed by atoms with Gasteiger partial charge in [-0.05, 0) is 17.7 Å². The van der Waals surface area contributed by atoms with Crippen molar-refractivity contribution in [3.8, 4) is 5.95 Å². The first-order valence-corrected chi connectivity index (χ1v) is 2.95. The minimum Gasteiger partial charge on any atom is -0.468 e. The SMILES string of the molecule is COc1occc1C(=O)Cl. The fourth-order valence-corrected chi connectivity index (χ4v) is 0.739. The normalized spacial score (nSPS) is 9.40. The Morgan fingerprint density at radius 1 is 1.80 bits per heavy atom. The highest BCUT2D eigenvalue weighted by Gasteiger charge is 2.11. The van der Waals surface area contributed by atoms with E-state index in [4.69, 9.17) is 16.0 Å². The van der Waals surface area contributed by atoms with Crippen molar-refractivity contribution in [2.45, 2.75) is 0 Å². The van der Waals surface area contributed by atoms with Gasteiger partial charge in [0.05, 0.1) is 13.4 Å². The first kappa shape index (κ1) is 7.15. The molecule has 0 aromatic carbocycles. The van der Waals surface area contributed by atoms with E-state index in [1.54, 1.807) is 0 Å². The maximum Gasteiger partial charge on any atom is 0.296 e. The van der Waals surface area contributed by atoms with E-state index in [1.165, 1.54) is 19.4 Å². The number of halogens is 1. The molecule has 0 atom stereocenters. The Morgan fingerprint density at radius 3 is 2.90 bits per heavy atom. The molecule has 0 bridgehead atoms. The lowest BCUT2D eigenvalue weighted by atomic mass is 10.4. The van der Waals surface area contributed by atoms with Crippen molar-refractivity contribution < 1.29 is 13.9 Å². The van der Waals surface area contributed by atoms with Gasteiger partial charge in [0, 0.05) is 0 Å². The topological polar surface area (TPSA) is 39.4 Å². The van der Waals surface area contributed by atoms with Gasteiger partial charge in [-0.3, -0.25) is 4.79 Å². The molecular formula is C6H5ClO3. The molecule has 4 heteroatoms. The van der Waals surface area contributed by atoms with Gasteiger partial charge < -0.3 is 9.15 Å². The van der Waals surface area contributed by atoms with E-state index in [2.05, 4.69) is 4.74 Å². The van der Waals surface area contributed by atoms with Crippen LogP contribution < -0.4 is 4.74 Å². The van der Waals surface area contributed by atoms with Crippen molar-refractivity contribution in [3.05, 3.63) is 17.9 Å². The molecule has 54 valence electrons. The second kappa shape index (κ2) is 2.75. The lowest BCUT2D eigenvalue weighted by molar-refractivity contribution is 0.107. The molecule has 1 aromatic heterocycles. The summed E-state index contributed by atoms with van der Waals surface area (Å²) in [6.45, 7) is 0. The van der Waals surface area contributed by atoms with Gasteiger partial charge in [-0.1, -0.05) is 0 Å². The van der Waals surface area contributed by atoms with E-state index in [0.29, 0.717) is 0 Å². The number of carbonyl (C=O) groups is 1. The summed E-state index contributed by atoms with van der Waals surface area (Å²) in [5.41, 5.74) is 0.254. The summed E-state index contributed by atoms with van der Waals surface area (Å²) in [5, 5.41) is -0.578. The van der Waals surface area contributed by atoms with Gasteiger partial charge in [-0.2, -0.15) is 0 Å². The molecule has 10 heavy (non-hydrogen) atoms. The van der Waals surface area contributed by atoms with Crippen molar-refractivity contribution in [3.63, 3.8) is 0 Å². The summed E-state index contributed by atoms with van der Waals surface area (Å²) in [7, 11) is 1.40. The second-order valence-corrected chi connectivity index (χ2v) is 1.94. The zero-order valence-corrected chi connectivity index (χ0v) is 6.01. The largest absolute Gasteiger partial charge is 0.468 e. The Kier molecular flexibility index (Phi) is 1.97. The number of ether oxygens (including phenoxy) is 1. The van der Waals surface area contributed by atoms with Crippen LogP contribution >= 0.6 is 11.6 Å². The van der Waals surface area contributed by atoms with E-state index in [1.807, 2.05) is 0 Å². The molecule has 0 radical (unpaired) electrons. The lowest BCUT2D eigenvalue weighted by Gasteiger charge is -1.92. The van der Waals surface area contributed by atoms with Gasteiger partial charge in [-0.15, -0.1) is 0 Å². The van der Waals surface area contributed by atoms with E-state index < -0.39 is 5.24 Å². The van der Waals surface area contributed by atoms with Crippen molar-refractivity contribution in [1.29, 1.82) is 0 Å². The third-order valence-corrected chi connectivity index (χ3v) is 1.23. The van der Waals surface area contributed by atoms with Crippen LogP contribution in [0.5, 0.6) is 5.95 Å². The maximum absolute atomic E-state index is 10.5. The molecule has 3 nitrogen and oxygen atoms in total. The molecular weight excluding hydrogens is 156 g/mol. The smallest absolute Gasteiger partial charge is 0.296 e. The van der Waals surface area contributed by atoms with Crippen LogP contribution in [0.15, 0.2) is 16.7 Å². The molecule has 0 spiro atoms. The van der Waals surface area contributed by atoms with E-state index >= 15 is 0 Å². The maximum atomic E-state index is 10.5.